The van der Waals surface area contributed by atoms with E-state index in [0.29, 0.717) is 18.9 Å². The first-order valence-electron chi connectivity index (χ1n) is 7.22. The van der Waals surface area contributed by atoms with Gasteiger partial charge in [0.2, 0.25) is 5.91 Å². The Balaban J connectivity index is 2.36. The van der Waals surface area contributed by atoms with Crippen molar-refractivity contribution < 1.29 is 9.90 Å². The molecule has 1 aliphatic rings. The van der Waals surface area contributed by atoms with Gasteiger partial charge in [-0.15, -0.1) is 0 Å². The molecule has 18 heavy (non-hydrogen) atoms. The van der Waals surface area contributed by atoms with E-state index in [0.717, 1.165) is 32.2 Å². The van der Waals surface area contributed by atoms with Gasteiger partial charge in [-0.3, -0.25) is 4.79 Å². The number of nitrogens with one attached hydrogen (secondary N) is 2. The molecule has 3 atom stereocenters. The lowest BCUT2D eigenvalue weighted by atomic mass is 9.90. The summed E-state index contributed by atoms with van der Waals surface area (Å²) < 4.78 is 0. The van der Waals surface area contributed by atoms with E-state index in [1.165, 1.54) is 0 Å². The van der Waals surface area contributed by atoms with E-state index in [-0.39, 0.29) is 11.9 Å². The summed E-state index contributed by atoms with van der Waals surface area (Å²) in [6, 6.07) is -0.0823. The van der Waals surface area contributed by atoms with Crippen LogP contribution in [0.1, 0.15) is 52.9 Å². The number of carbonyl (C=O) groups is 1. The van der Waals surface area contributed by atoms with E-state index >= 15 is 0 Å². The fourth-order valence-corrected chi connectivity index (χ4v) is 2.59. The van der Waals surface area contributed by atoms with Crippen molar-refractivity contribution in [1.29, 1.82) is 0 Å². The molecule has 3 unspecified atom stereocenters. The lowest BCUT2D eigenvalue weighted by Crippen LogP contribution is -2.51. The molecule has 0 radical (unpaired) electrons. The quantitative estimate of drug-likeness (QED) is 0.674. The number of rotatable bonds is 6. The van der Waals surface area contributed by atoms with E-state index in [9.17, 15) is 9.90 Å². The first-order valence-corrected chi connectivity index (χ1v) is 7.22. The van der Waals surface area contributed by atoms with Crippen molar-refractivity contribution in [3.05, 3.63) is 0 Å². The maximum atomic E-state index is 12.0. The minimum atomic E-state index is -0.788. The highest BCUT2D eigenvalue weighted by Crippen LogP contribution is 2.19. The molecule has 1 rings (SSSR count). The molecular weight excluding hydrogens is 228 g/mol. The van der Waals surface area contributed by atoms with E-state index in [1.807, 2.05) is 6.92 Å². The highest BCUT2D eigenvalue weighted by Gasteiger charge is 2.27. The molecular formula is C14H28N2O2. The predicted octanol–water partition coefficient (Wildman–Crippen LogP) is 1.43. The molecule has 0 saturated carbocycles. The van der Waals surface area contributed by atoms with E-state index in [2.05, 4.69) is 17.6 Å². The van der Waals surface area contributed by atoms with Crippen LogP contribution in [0.4, 0.5) is 0 Å². The standard InChI is InChI=1S/C14H28N2O2/c1-4-7-14(3,18)10-16-13(17)12-9-11(5-2)6-8-15-12/h11-12,15,18H,4-10H2,1-3H3,(H,16,17). The Hall–Kier alpha value is -0.610. The monoisotopic (exact) mass is 256 g/mol. The number of hydrogen-bond acceptors (Lipinski definition) is 3. The second kappa shape index (κ2) is 7.10. The average Bonchev–Trinajstić information content (AvgIpc) is 2.36. The van der Waals surface area contributed by atoms with Crippen molar-refractivity contribution in [2.45, 2.75) is 64.5 Å². The van der Waals surface area contributed by atoms with Gasteiger partial charge >= 0.3 is 0 Å². The summed E-state index contributed by atoms with van der Waals surface area (Å²) in [6.45, 7) is 7.25. The summed E-state index contributed by atoms with van der Waals surface area (Å²) in [6.07, 6.45) is 4.84. The first kappa shape index (κ1) is 15.4. The third kappa shape index (κ3) is 4.94. The maximum Gasteiger partial charge on any atom is 0.237 e. The fourth-order valence-electron chi connectivity index (χ4n) is 2.59. The molecule has 0 bridgehead atoms. The third-order valence-electron chi connectivity index (χ3n) is 3.84. The minimum Gasteiger partial charge on any atom is -0.388 e. The Kier molecular flexibility index (Phi) is 6.09. The van der Waals surface area contributed by atoms with Crippen LogP contribution in [0.25, 0.3) is 0 Å². The zero-order chi connectivity index (χ0) is 13.6. The summed E-state index contributed by atoms with van der Waals surface area (Å²) >= 11 is 0. The molecule has 106 valence electrons. The minimum absolute atomic E-state index is 0.0320. The number of carbonyl (C=O) groups excluding carboxylic acids is 1. The number of aliphatic hydroxyl groups is 1. The zero-order valence-electron chi connectivity index (χ0n) is 12.0. The van der Waals surface area contributed by atoms with Crippen molar-refractivity contribution >= 4 is 5.91 Å². The Morgan fingerprint density at radius 3 is 2.83 bits per heavy atom. The molecule has 0 spiro atoms. The summed E-state index contributed by atoms with van der Waals surface area (Å²) in [5.41, 5.74) is -0.788. The van der Waals surface area contributed by atoms with Crippen LogP contribution in [0, 0.1) is 5.92 Å². The molecule has 0 aromatic heterocycles. The van der Waals surface area contributed by atoms with Gasteiger partial charge in [-0.05, 0) is 38.6 Å². The number of amides is 1. The SMILES string of the molecule is CCCC(C)(O)CNC(=O)C1CC(CC)CCN1. The van der Waals surface area contributed by atoms with Crippen LogP contribution in [-0.4, -0.2) is 35.7 Å². The zero-order valence-corrected chi connectivity index (χ0v) is 12.0. The second-order valence-corrected chi connectivity index (χ2v) is 5.77. The van der Waals surface area contributed by atoms with Gasteiger partial charge in [0.15, 0.2) is 0 Å². The van der Waals surface area contributed by atoms with Crippen LogP contribution in [0.5, 0.6) is 0 Å². The molecule has 0 aliphatic carbocycles. The topological polar surface area (TPSA) is 61.4 Å². The third-order valence-corrected chi connectivity index (χ3v) is 3.84. The van der Waals surface area contributed by atoms with Crippen molar-refractivity contribution in [3.8, 4) is 0 Å². The van der Waals surface area contributed by atoms with E-state index in [1.54, 1.807) is 6.92 Å². The van der Waals surface area contributed by atoms with Crippen molar-refractivity contribution in [3.63, 3.8) is 0 Å². The fraction of sp³-hybridized carbons (Fsp3) is 0.929. The van der Waals surface area contributed by atoms with Crippen LogP contribution in [0.3, 0.4) is 0 Å². The van der Waals surface area contributed by atoms with Gasteiger partial charge in [0.1, 0.15) is 0 Å². The molecule has 0 aromatic carbocycles. The Labute approximate surface area is 111 Å². The largest absolute Gasteiger partial charge is 0.388 e. The summed E-state index contributed by atoms with van der Waals surface area (Å²) in [4.78, 5) is 12.0. The van der Waals surface area contributed by atoms with E-state index in [4.69, 9.17) is 0 Å². The Morgan fingerprint density at radius 2 is 2.22 bits per heavy atom. The highest BCUT2D eigenvalue weighted by atomic mass is 16.3. The molecule has 1 amide bonds. The average molecular weight is 256 g/mol. The molecule has 4 nitrogen and oxygen atoms in total. The van der Waals surface area contributed by atoms with Gasteiger partial charge in [0, 0.05) is 6.54 Å². The molecule has 1 heterocycles. The molecule has 3 N–H and O–H groups in total. The van der Waals surface area contributed by atoms with E-state index < -0.39 is 5.60 Å². The molecule has 1 fully saturated rings. The molecule has 1 saturated heterocycles. The van der Waals surface area contributed by atoms with Gasteiger partial charge in [0.25, 0.3) is 0 Å². The second-order valence-electron chi connectivity index (χ2n) is 5.77. The lowest BCUT2D eigenvalue weighted by Gasteiger charge is -2.30. The van der Waals surface area contributed by atoms with Crippen LogP contribution < -0.4 is 10.6 Å². The smallest absolute Gasteiger partial charge is 0.237 e. The van der Waals surface area contributed by atoms with Gasteiger partial charge in [-0.1, -0.05) is 26.7 Å². The van der Waals surface area contributed by atoms with Gasteiger partial charge in [-0.25, -0.2) is 0 Å². The summed E-state index contributed by atoms with van der Waals surface area (Å²) in [5.74, 6) is 0.683. The highest BCUT2D eigenvalue weighted by molar-refractivity contribution is 5.81. The molecule has 4 heteroatoms. The van der Waals surface area contributed by atoms with Crippen LogP contribution in [0.2, 0.25) is 0 Å². The maximum absolute atomic E-state index is 12.0. The summed E-state index contributed by atoms with van der Waals surface area (Å²) in [5, 5.41) is 16.2. The van der Waals surface area contributed by atoms with Crippen molar-refractivity contribution in [2.24, 2.45) is 5.92 Å². The molecule has 1 aliphatic heterocycles. The van der Waals surface area contributed by atoms with Gasteiger partial charge < -0.3 is 15.7 Å². The van der Waals surface area contributed by atoms with Crippen LogP contribution in [0.15, 0.2) is 0 Å². The number of piperidine rings is 1. The van der Waals surface area contributed by atoms with Crippen LogP contribution in [-0.2, 0) is 4.79 Å². The molecule has 0 aromatic rings. The van der Waals surface area contributed by atoms with Gasteiger partial charge in [0.05, 0.1) is 11.6 Å². The first-order chi connectivity index (χ1) is 8.48. The normalized spacial score (nSPS) is 27.6. The van der Waals surface area contributed by atoms with Gasteiger partial charge in [-0.2, -0.15) is 0 Å². The Bertz CT molecular complexity index is 267. The Morgan fingerprint density at radius 1 is 1.50 bits per heavy atom. The number of hydrogen-bond donors (Lipinski definition) is 3. The lowest BCUT2D eigenvalue weighted by molar-refractivity contribution is -0.125. The predicted molar refractivity (Wildman–Crippen MR) is 73.3 cm³/mol. The summed E-state index contributed by atoms with van der Waals surface area (Å²) in [7, 11) is 0. The van der Waals surface area contributed by atoms with Crippen LogP contribution >= 0.6 is 0 Å². The van der Waals surface area contributed by atoms with Crippen molar-refractivity contribution in [1.82, 2.24) is 10.6 Å². The van der Waals surface area contributed by atoms with Crippen molar-refractivity contribution in [2.75, 3.05) is 13.1 Å².